The summed E-state index contributed by atoms with van der Waals surface area (Å²) in [6, 6.07) is 99.9. The summed E-state index contributed by atoms with van der Waals surface area (Å²) in [6.07, 6.45) is 0. The van der Waals surface area contributed by atoms with E-state index in [-0.39, 0.29) is 0 Å². The van der Waals surface area contributed by atoms with Crippen molar-refractivity contribution >= 4 is 32.6 Å². The summed E-state index contributed by atoms with van der Waals surface area (Å²) >= 11 is 0. The van der Waals surface area contributed by atoms with Crippen molar-refractivity contribution in [1.29, 1.82) is 0 Å². The maximum atomic E-state index is 5.21. The van der Waals surface area contributed by atoms with Gasteiger partial charge < -0.3 is 0 Å². The number of hydrogen-bond acceptors (Lipinski definition) is 1. The van der Waals surface area contributed by atoms with Crippen molar-refractivity contribution in [3.8, 4) is 61.6 Å². The van der Waals surface area contributed by atoms with Crippen molar-refractivity contribution in [2.24, 2.45) is 0 Å². The average Bonchev–Trinajstić information content (AvgIpc) is 4.10. The minimum Gasteiger partial charge on any atom is -0.292 e. The van der Waals surface area contributed by atoms with Crippen LogP contribution in [-0.2, 0) is 10.8 Å². The van der Waals surface area contributed by atoms with Crippen molar-refractivity contribution < 1.29 is 0 Å². The molecule has 16 rings (SSSR count). The molecule has 1 aromatic heterocycles. The number of hydrogen-bond donors (Lipinski definition) is 0. The van der Waals surface area contributed by atoms with E-state index in [1.54, 1.807) is 0 Å². The highest BCUT2D eigenvalue weighted by atomic mass is 15.1. The minimum atomic E-state index is -0.582. The summed E-state index contributed by atoms with van der Waals surface area (Å²) in [7, 11) is 0. The fourth-order valence-electron chi connectivity index (χ4n) is 14.0. The van der Waals surface area contributed by atoms with Crippen molar-refractivity contribution in [3.05, 3.63) is 311 Å². The van der Waals surface area contributed by atoms with Crippen LogP contribution in [0, 0.1) is 0 Å². The average molecular weight is 925 g/mol. The minimum absolute atomic E-state index is 0.541. The standard InChI is InChI=1S/C71H44N2/c1-2-20-48(21-3-1)73-66-37-19-18-36-65(66)72-69(73)46-40-38-45(39-41-46)67-53-26-4-6-28-55(53)68(56-29-7-5-27-54(56)67)47-42-43-63-64(44-47)71(59-32-14-10-24-51(59)52-25-11-15-33-60(52)71)62-35-17-16-34-61(62)70(63)57-30-12-8-22-49(57)50-23-9-13-31-58(50)70/h1-44H. The van der Waals surface area contributed by atoms with Crippen LogP contribution in [0.25, 0.3) is 94.2 Å². The molecule has 0 amide bonds. The Kier molecular flexibility index (Phi) is 8.34. The molecular formula is C71H44N2. The predicted octanol–water partition coefficient (Wildman–Crippen LogP) is 17.4. The zero-order valence-electron chi connectivity index (χ0n) is 39.8. The molecule has 0 unspecified atom stereocenters. The number of fused-ring (bicyclic) bond motifs is 19. The Morgan fingerprint density at radius 1 is 0.274 bits per heavy atom. The Hall–Kier alpha value is -9.37. The zero-order chi connectivity index (χ0) is 47.8. The number of para-hydroxylation sites is 3. The molecule has 0 saturated heterocycles. The Morgan fingerprint density at radius 2 is 0.644 bits per heavy atom. The molecule has 0 N–H and O–H groups in total. The number of imidazole rings is 1. The first kappa shape index (κ1) is 40.4. The van der Waals surface area contributed by atoms with Gasteiger partial charge in [0.1, 0.15) is 5.82 Å². The Morgan fingerprint density at radius 3 is 1.16 bits per heavy atom. The first-order valence-electron chi connectivity index (χ1n) is 25.5. The molecule has 0 bridgehead atoms. The van der Waals surface area contributed by atoms with Gasteiger partial charge in [-0.3, -0.25) is 4.57 Å². The van der Waals surface area contributed by atoms with Crippen LogP contribution < -0.4 is 0 Å². The third-order valence-corrected chi connectivity index (χ3v) is 16.7. The monoisotopic (exact) mass is 924 g/mol. The number of nitrogens with zero attached hydrogens (tertiary/aromatic N) is 2. The lowest BCUT2D eigenvalue weighted by Gasteiger charge is -2.49. The molecule has 12 aromatic carbocycles. The third-order valence-electron chi connectivity index (χ3n) is 16.7. The quantitative estimate of drug-likeness (QED) is 0.161. The van der Waals surface area contributed by atoms with Gasteiger partial charge in [-0.25, -0.2) is 4.98 Å². The van der Waals surface area contributed by atoms with Crippen LogP contribution in [-0.4, -0.2) is 9.55 Å². The van der Waals surface area contributed by atoms with E-state index in [1.807, 2.05) is 0 Å². The molecule has 0 saturated carbocycles. The predicted molar refractivity (Wildman–Crippen MR) is 301 cm³/mol. The molecular weight excluding hydrogens is 881 g/mol. The van der Waals surface area contributed by atoms with Crippen LogP contribution in [0.1, 0.15) is 44.5 Å². The Bertz CT molecular complexity index is 4290. The molecule has 1 heterocycles. The lowest BCUT2D eigenvalue weighted by Crippen LogP contribution is -2.43. The van der Waals surface area contributed by atoms with Gasteiger partial charge >= 0.3 is 0 Å². The van der Waals surface area contributed by atoms with Gasteiger partial charge in [0.2, 0.25) is 0 Å². The molecule has 2 heteroatoms. The summed E-state index contributed by atoms with van der Waals surface area (Å²) < 4.78 is 2.28. The fraction of sp³-hybridized carbons (Fsp3) is 0.0282. The van der Waals surface area contributed by atoms with Gasteiger partial charge in [-0.1, -0.05) is 237 Å². The maximum absolute atomic E-state index is 5.21. The lowest BCUT2D eigenvalue weighted by atomic mass is 9.52. The molecule has 0 radical (unpaired) electrons. The van der Waals surface area contributed by atoms with E-state index >= 15 is 0 Å². The smallest absolute Gasteiger partial charge is 0.145 e. The second-order valence-corrected chi connectivity index (χ2v) is 20.0. The number of rotatable bonds is 4. The molecule has 2 spiro atoms. The van der Waals surface area contributed by atoms with Gasteiger partial charge in [-0.05, 0) is 141 Å². The maximum Gasteiger partial charge on any atom is 0.145 e. The molecule has 2 nitrogen and oxygen atoms in total. The highest BCUT2D eigenvalue weighted by Gasteiger charge is 2.59. The van der Waals surface area contributed by atoms with E-state index in [1.165, 1.54) is 111 Å². The van der Waals surface area contributed by atoms with E-state index in [0.29, 0.717) is 0 Å². The summed E-state index contributed by atoms with van der Waals surface area (Å²) in [6.45, 7) is 0. The van der Waals surface area contributed by atoms with Crippen molar-refractivity contribution in [2.45, 2.75) is 10.8 Å². The van der Waals surface area contributed by atoms with Gasteiger partial charge in [-0.2, -0.15) is 0 Å². The highest BCUT2D eigenvalue weighted by molar-refractivity contribution is 6.21. The van der Waals surface area contributed by atoms with Crippen LogP contribution in [0.4, 0.5) is 0 Å². The molecule has 3 aliphatic rings. The van der Waals surface area contributed by atoms with Gasteiger partial charge in [0.05, 0.1) is 21.9 Å². The largest absolute Gasteiger partial charge is 0.292 e. The molecule has 0 atom stereocenters. The molecule has 0 fully saturated rings. The van der Waals surface area contributed by atoms with Gasteiger partial charge in [0, 0.05) is 11.3 Å². The summed E-state index contributed by atoms with van der Waals surface area (Å²) in [5, 5.41) is 4.92. The summed E-state index contributed by atoms with van der Waals surface area (Å²) in [5.74, 6) is 0.927. The van der Waals surface area contributed by atoms with E-state index < -0.39 is 10.8 Å². The van der Waals surface area contributed by atoms with E-state index in [4.69, 9.17) is 4.98 Å². The Balaban J connectivity index is 0.962. The van der Waals surface area contributed by atoms with Crippen LogP contribution in [0.15, 0.2) is 267 Å². The third kappa shape index (κ3) is 5.24. The first-order valence-corrected chi connectivity index (χ1v) is 25.5. The van der Waals surface area contributed by atoms with Crippen molar-refractivity contribution in [3.63, 3.8) is 0 Å². The normalized spacial score (nSPS) is 14.0. The molecule has 13 aromatic rings. The zero-order valence-corrected chi connectivity index (χ0v) is 39.8. The first-order chi connectivity index (χ1) is 36.2. The Labute approximate surface area is 423 Å². The molecule has 73 heavy (non-hydrogen) atoms. The van der Waals surface area contributed by atoms with E-state index in [0.717, 1.165) is 28.1 Å². The lowest BCUT2D eigenvalue weighted by molar-refractivity contribution is 0.633. The van der Waals surface area contributed by atoms with E-state index in [2.05, 4.69) is 271 Å². The van der Waals surface area contributed by atoms with Crippen LogP contribution in [0.3, 0.4) is 0 Å². The van der Waals surface area contributed by atoms with Crippen molar-refractivity contribution in [2.75, 3.05) is 0 Å². The number of aromatic nitrogens is 2. The van der Waals surface area contributed by atoms with Crippen LogP contribution in [0.5, 0.6) is 0 Å². The van der Waals surface area contributed by atoms with Gasteiger partial charge in [0.25, 0.3) is 0 Å². The van der Waals surface area contributed by atoms with Crippen LogP contribution in [0.2, 0.25) is 0 Å². The van der Waals surface area contributed by atoms with Crippen molar-refractivity contribution in [1.82, 2.24) is 9.55 Å². The number of benzene rings is 12. The summed E-state index contributed by atoms with van der Waals surface area (Å²) in [4.78, 5) is 5.21. The van der Waals surface area contributed by atoms with Gasteiger partial charge in [0.15, 0.2) is 0 Å². The van der Waals surface area contributed by atoms with Crippen LogP contribution >= 0.6 is 0 Å². The van der Waals surface area contributed by atoms with Gasteiger partial charge in [-0.15, -0.1) is 0 Å². The SMILES string of the molecule is c1ccc(-n2c(-c3ccc(-c4c5ccccc5c(-c5ccc6c(c5)C5(c7ccccc7-c7ccccc75)c5ccccc5C65c6ccccc6-c6ccccc65)c5ccccc45)cc3)nc3ccccc32)cc1. The molecule has 3 aliphatic carbocycles. The fourth-order valence-corrected chi connectivity index (χ4v) is 14.0. The van der Waals surface area contributed by atoms with E-state index in [9.17, 15) is 0 Å². The second kappa shape index (κ2) is 15.1. The summed E-state index contributed by atoms with van der Waals surface area (Å²) in [5.41, 5.74) is 23.9. The topological polar surface area (TPSA) is 17.8 Å². The molecule has 338 valence electrons. The molecule has 0 aliphatic heterocycles. The second-order valence-electron chi connectivity index (χ2n) is 20.0. The highest BCUT2D eigenvalue weighted by Crippen LogP contribution is 2.67.